The molecule has 0 saturated carbocycles. The number of carbonyl (C=O) groups excluding carboxylic acids is 1. The Hall–Kier alpha value is -1.16. The van der Waals surface area contributed by atoms with E-state index in [1.54, 1.807) is 6.21 Å². The summed E-state index contributed by atoms with van der Waals surface area (Å²) in [4.78, 5) is 11.2. The molecule has 0 aromatic heterocycles. The van der Waals surface area contributed by atoms with E-state index in [0.29, 0.717) is 13.0 Å². The summed E-state index contributed by atoms with van der Waals surface area (Å²) in [5, 5.41) is 5.47. The van der Waals surface area contributed by atoms with Gasteiger partial charge in [-0.3, -0.25) is 4.79 Å². The Bertz CT molecular complexity index is 372. The minimum atomic E-state index is 0.0629. The van der Waals surface area contributed by atoms with Gasteiger partial charge in [0.05, 0.1) is 13.0 Å². The highest BCUT2D eigenvalue weighted by Crippen LogP contribution is 2.14. The number of benzene rings is 1. The van der Waals surface area contributed by atoms with Crippen LogP contribution in [0.2, 0.25) is 0 Å². The molecular formula is C10H9BrN2O. The lowest BCUT2D eigenvalue weighted by molar-refractivity contribution is -0.129. The first-order chi connectivity index (χ1) is 6.75. The Morgan fingerprint density at radius 3 is 2.64 bits per heavy atom. The molecule has 0 radical (unpaired) electrons. The van der Waals surface area contributed by atoms with Crippen LogP contribution < -0.4 is 0 Å². The van der Waals surface area contributed by atoms with Crippen LogP contribution in [0.15, 0.2) is 33.8 Å². The standard InChI is InChI=1S/C10H9BrN2O/c11-9-3-1-8(2-4-9)7-13-10(14)5-6-12-13/h1-4,6H,5,7H2. The molecule has 1 heterocycles. The van der Waals surface area contributed by atoms with E-state index in [1.807, 2.05) is 24.3 Å². The predicted octanol–water partition coefficient (Wildman–Crippen LogP) is 2.17. The fraction of sp³-hybridized carbons (Fsp3) is 0.200. The first-order valence-electron chi connectivity index (χ1n) is 4.33. The quantitative estimate of drug-likeness (QED) is 0.794. The van der Waals surface area contributed by atoms with Crippen LogP contribution in [0.1, 0.15) is 12.0 Å². The zero-order chi connectivity index (χ0) is 9.97. The molecule has 2 rings (SSSR count). The Morgan fingerprint density at radius 1 is 1.36 bits per heavy atom. The third kappa shape index (κ3) is 2.01. The predicted molar refractivity (Wildman–Crippen MR) is 57.8 cm³/mol. The van der Waals surface area contributed by atoms with E-state index in [4.69, 9.17) is 0 Å². The number of hydrogen-bond acceptors (Lipinski definition) is 2. The first kappa shape index (κ1) is 9.40. The van der Waals surface area contributed by atoms with Gasteiger partial charge in [-0.2, -0.15) is 5.10 Å². The average Bonchev–Trinajstić information content (AvgIpc) is 2.56. The van der Waals surface area contributed by atoms with Gasteiger partial charge >= 0.3 is 0 Å². The van der Waals surface area contributed by atoms with Crippen molar-refractivity contribution in [3.8, 4) is 0 Å². The average molecular weight is 253 g/mol. The van der Waals surface area contributed by atoms with E-state index in [-0.39, 0.29) is 5.91 Å². The van der Waals surface area contributed by atoms with Crippen LogP contribution in [0, 0.1) is 0 Å². The van der Waals surface area contributed by atoms with Crippen molar-refractivity contribution >= 4 is 28.1 Å². The van der Waals surface area contributed by atoms with Crippen LogP contribution in [-0.2, 0) is 11.3 Å². The van der Waals surface area contributed by atoms with Gasteiger partial charge in [-0.1, -0.05) is 28.1 Å². The highest BCUT2D eigenvalue weighted by atomic mass is 79.9. The van der Waals surface area contributed by atoms with Crippen molar-refractivity contribution in [1.29, 1.82) is 0 Å². The number of amides is 1. The van der Waals surface area contributed by atoms with Gasteiger partial charge < -0.3 is 0 Å². The van der Waals surface area contributed by atoms with Crippen LogP contribution in [0.5, 0.6) is 0 Å². The number of halogens is 1. The summed E-state index contributed by atoms with van der Waals surface area (Å²) in [6.45, 7) is 0.558. The lowest BCUT2D eigenvalue weighted by Gasteiger charge is -2.11. The highest BCUT2D eigenvalue weighted by Gasteiger charge is 2.16. The Morgan fingerprint density at radius 2 is 2.07 bits per heavy atom. The van der Waals surface area contributed by atoms with Gasteiger partial charge in [-0.15, -0.1) is 0 Å². The van der Waals surface area contributed by atoms with Crippen molar-refractivity contribution in [2.75, 3.05) is 0 Å². The molecule has 72 valence electrons. The molecule has 0 fully saturated rings. The van der Waals surface area contributed by atoms with Crippen LogP contribution in [0.4, 0.5) is 0 Å². The molecule has 1 aliphatic heterocycles. The number of carbonyl (C=O) groups is 1. The molecule has 1 aromatic rings. The van der Waals surface area contributed by atoms with Crippen molar-refractivity contribution in [3.63, 3.8) is 0 Å². The second-order valence-electron chi connectivity index (χ2n) is 3.08. The maximum Gasteiger partial charge on any atom is 0.248 e. The molecular weight excluding hydrogens is 244 g/mol. The van der Waals surface area contributed by atoms with Gasteiger partial charge in [0.15, 0.2) is 0 Å². The fourth-order valence-corrected chi connectivity index (χ4v) is 1.54. The van der Waals surface area contributed by atoms with Gasteiger partial charge in [0.2, 0.25) is 5.91 Å². The SMILES string of the molecule is O=C1CC=NN1Cc1ccc(Br)cc1. The second kappa shape index (κ2) is 3.92. The first-order valence-corrected chi connectivity index (χ1v) is 5.12. The van der Waals surface area contributed by atoms with Crippen molar-refractivity contribution in [3.05, 3.63) is 34.3 Å². The summed E-state index contributed by atoms with van der Waals surface area (Å²) in [6.07, 6.45) is 2.07. The van der Waals surface area contributed by atoms with Gasteiger partial charge in [0.25, 0.3) is 0 Å². The minimum absolute atomic E-state index is 0.0629. The smallest absolute Gasteiger partial charge is 0.248 e. The van der Waals surface area contributed by atoms with Crippen molar-refractivity contribution in [2.45, 2.75) is 13.0 Å². The maximum absolute atomic E-state index is 11.2. The van der Waals surface area contributed by atoms with Crippen molar-refractivity contribution in [2.24, 2.45) is 5.10 Å². The molecule has 0 bridgehead atoms. The molecule has 0 unspecified atom stereocenters. The number of hydrazone groups is 1. The van der Waals surface area contributed by atoms with E-state index < -0.39 is 0 Å². The number of hydrogen-bond donors (Lipinski definition) is 0. The van der Waals surface area contributed by atoms with E-state index >= 15 is 0 Å². The molecule has 1 aromatic carbocycles. The van der Waals surface area contributed by atoms with E-state index in [0.717, 1.165) is 10.0 Å². The number of rotatable bonds is 2. The van der Waals surface area contributed by atoms with E-state index in [2.05, 4.69) is 21.0 Å². The summed E-state index contributed by atoms with van der Waals surface area (Å²) in [5.41, 5.74) is 1.08. The summed E-state index contributed by atoms with van der Waals surface area (Å²) in [5.74, 6) is 0.0629. The Balaban J connectivity index is 2.07. The van der Waals surface area contributed by atoms with Crippen molar-refractivity contribution < 1.29 is 4.79 Å². The Kier molecular flexibility index (Phi) is 2.63. The lowest BCUT2D eigenvalue weighted by Crippen LogP contribution is -2.19. The highest BCUT2D eigenvalue weighted by molar-refractivity contribution is 9.10. The maximum atomic E-state index is 11.2. The molecule has 3 nitrogen and oxygen atoms in total. The molecule has 0 aliphatic carbocycles. The fourth-order valence-electron chi connectivity index (χ4n) is 1.28. The number of nitrogens with zero attached hydrogens (tertiary/aromatic N) is 2. The third-order valence-corrected chi connectivity index (χ3v) is 2.55. The van der Waals surface area contributed by atoms with Crippen LogP contribution in [0.3, 0.4) is 0 Å². The Labute approximate surface area is 90.5 Å². The van der Waals surface area contributed by atoms with Gasteiger partial charge in [-0.05, 0) is 17.7 Å². The minimum Gasteiger partial charge on any atom is -0.273 e. The van der Waals surface area contributed by atoms with Crippen LogP contribution >= 0.6 is 15.9 Å². The van der Waals surface area contributed by atoms with Gasteiger partial charge in [0.1, 0.15) is 0 Å². The molecule has 0 saturated heterocycles. The van der Waals surface area contributed by atoms with Crippen LogP contribution in [-0.4, -0.2) is 17.1 Å². The second-order valence-corrected chi connectivity index (χ2v) is 4.00. The molecule has 4 heteroatoms. The largest absolute Gasteiger partial charge is 0.273 e. The van der Waals surface area contributed by atoms with E-state index in [1.165, 1.54) is 5.01 Å². The van der Waals surface area contributed by atoms with Gasteiger partial charge in [0, 0.05) is 10.7 Å². The third-order valence-electron chi connectivity index (χ3n) is 2.02. The van der Waals surface area contributed by atoms with Crippen LogP contribution in [0.25, 0.3) is 0 Å². The normalized spacial score (nSPS) is 15.2. The monoisotopic (exact) mass is 252 g/mol. The molecule has 14 heavy (non-hydrogen) atoms. The van der Waals surface area contributed by atoms with Crippen molar-refractivity contribution in [1.82, 2.24) is 5.01 Å². The molecule has 0 N–H and O–H groups in total. The molecule has 1 amide bonds. The lowest BCUT2D eigenvalue weighted by atomic mass is 10.2. The molecule has 0 atom stereocenters. The summed E-state index contributed by atoms with van der Waals surface area (Å²) < 4.78 is 1.04. The zero-order valence-electron chi connectivity index (χ0n) is 7.48. The molecule has 0 spiro atoms. The summed E-state index contributed by atoms with van der Waals surface area (Å²) in [7, 11) is 0. The molecule has 1 aliphatic rings. The summed E-state index contributed by atoms with van der Waals surface area (Å²) in [6, 6.07) is 7.87. The van der Waals surface area contributed by atoms with Gasteiger partial charge in [-0.25, -0.2) is 5.01 Å². The zero-order valence-corrected chi connectivity index (χ0v) is 9.07. The summed E-state index contributed by atoms with van der Waals surface area (Å²) >= 11 is 3.36. The van der Waals surface area contributed by atoms with E-state index in [9.17, 15) is 4.79 Å². The topological polar surface area (TPSA) is 32.7 Å².